The van der Waals surface area contributed by atoms with Gasteiger partial charge >= 0.3 is 0 Å². The highest BCUT2D eigenvalue weighted by Gasteiger charge is 2.26. The van der Waals surface area contributed by atoms with Gasteiger partial charge in [0.2, 0.25) is 17.6 Å². The molecule has 33 heavy (non-hydrogen) atoms. The number of benzene rings is 1. The summed E-state index contributed by atoms with van der Waals surface area (Å²) in [5.74, 6) is 2.01. The largest absolute Gasteiger partial charge is 0.339 e. The molecule has 1 fully saturated rings. The van der Waals surface area contributed by atoms with Crippen molar-refractivity contribution in [3.8, 4) is 11.5 Å². The lowest BCUT2D eigenvalue weighted by atomic mass is 9.97. The summed E-state index contributed by atoms with van der Waals surface area (Å²) in [6.07, 6.45) is 5.14. The predicted molar refractivity (Wildman–Crippen MR) is 122 cm³/mol. The SMILES string of the molecule is O=C(CN1CCC(c2nc(-c3ccccn3)no2)CC1)Nc1ccnn1Cc1ccccc1. The minimum absolute atomic E-state index is 0.0431. The number of carbonyl (C=O) groups excluding carboxylic acids is 1. The van der Waals surface area contributed by atoms with Gasteiger partial charge in [-0.2, -0.15) is 10.1 Å². The molecule has 168 valence electrons. The van der Waals surface area contributed by atoms with Gasteiger partial charge in [0, 0.05) is 18.2 Å². The minimum atomic E-state index is -0.0431. The molecular weight excluding hydrogens is 418 g/mol. The maximum atomic E-state index is 12.7. The lowest BCUT2D eigenvalue weighted by Crippen LogP contribution is -2.39. The topological polar surface area (TPSA) is 102 Å². The zero-order valence-corrected chi connectivity index (χ0v) is 18.2. The van der Waals surface area contributed by atoms with E-state index < -0.39 is 0 Å². The highest BCUT2D eigenvalue weighted by atomic mass is 16.5. The van der Waals surface area contributed by atoms with E-state index in [1.807, 2.05) is 54.6 Å². The summed E-state index contributed by atoms with van der Waals surface area (Å²) < 4.78 is 7.30. The fraction of sp³-hybridized carbons (Fsp3) is 0.292. The van der Waals surface area contributed by atoms with Gasteiger partial charge in [0.15, 0.2) is 0 Å². The van der Waals surface area contributed by atoms with Crippen LogP contribution in [-0.4, -0.2) is 55.3 Å². The van der Waals surface area contributed by atoms with Crippen molar-refractivity contribution in [2.75, 3.05) is 25.0 Å². The maximum absolute atomic E-state index is 12.7. The first-order valence-corrected chi connectivity index (χ1v) is 11.1. The van der Waals surface area contributed by atoms with Gasteiger partial charge in [-0.15, -0.1) is 0 Å². The summed E-state index contributed by atoms with van der Waals surface area (Å²) in [6.45, 7) is 2.54. The Morgan fingerprint density at radius 3 is 2.64 bits per heavy atom. The molecule has 0 aliphatic carbocycles. The van der Waals surface area contributed by atoms with Crippen LogP contribution in [0.15, 0.2) is 71.5 Å². The van der Waals surface area contributed by atoms with E-state index in [-0.39, 0.29) is 11.8 Å². The standard InChI is InChI=1S/C24H25N7O2/c32-22(27-21-9-13-26-31(21)16-18-6-2-1-3-7-18)17-30-14-10-19(11-15-30)24-28-23(29-33-24)20-8-4-5-12-25-20/h1-9,12-13,19H,10-11,14-17H2,(H,27,32). The molecule has 5 rings (SSSR count). The van der Waals surface area contributed by atoms with Crippen molar-refractivity contribution < 1.29 is 9.32 Å². The molecule has 9 nitrogen and oxygen atoms in total. The fourth-order valence-corrected chi connectivity index (χ4v) is 4.04. The summed E-state index contributed by atoms with van der Waals surface area (Å²) in [7, 11) is 0. The van der Waals surface area contributed by atoms with Crippen LogP contribution in [0.4, 0.5) is 5.82 Å². The van der Waals surface area contributed by atoms with Crippen LogP contribution in [0.1, 0.15) is 30.2 Å². The number of rotatable bonds is 7. The van der Waals surface area contributed by atoms with Crippen LogP contribution in [0.25, 0.3) is 11.5 Å². The van der Waals surface area contributed by atoms with Crippen molar-refractivity contribution >= 4 is 11.7 Å². The highest BCUT2D eigenvalue weighted by Crippen LogP contribution is 2.28. The van der Waals surface area contributed by atoms with E-state index in [0.717, 1.165) is 31.5 Å². The highest BCUT2D eigenvalue weighted by molar-refractivity contribution is 5.91. The number of piperidine rings is 1. The molecule has 0 atom stereocenters. The zero-order chi connectivity index (χ0) is 22.5. The summed E-state index contributed by atoms with van der Waals surface area (Å²) in [5, 5.41) is 11.4. The van der Waals surface area contributed by atoms with Crippen molar-refractivity contribution in [3.63, 3.8) is 0 Å². The van der Waals surface area contributed by atoms with E-state index in [1.54, 1.807) is 17.1 Å². The molecule has 0 saturated carbocycles. The van der Waals surface area contributed by atoms with Gasteiger partial charge in [0.1, 0.15) is 11.5 Å². The first-order chi connectivity index (χ1) is 16.2. The molecule has 1 amide bonds. The molecule has 0 bridgehead atoms. The van der Waals surface area contributed by atoms with Crippen molar-refractivity contribution in [2.45, 2.75) is 25.3 Å². The third-order valence-electron chi connectivity index (χ3n) is 5.80. The number of hydrogen-bond acceptors (Lipinski definition) is 7. The first-order valence-electron chi connectivity index (χ1n) is 11.1. The van der Waals surface area contributed by atoms with E-state index >= 15 is 0 Å². The molecule has 0 radical (unpaired) electrons. The monoisotopic (exact) mass is 443 g/mol. The Kier molecular flexibility index (Phi) is 6.21. The quantitative estimate of drug-likeness (QED) is 0.468. The first kappa shape index (κ1) is 21.0. The predicted octanol–water partition coefficient (Wildman–Crippen LogP) is 3.19. The Labute approximate surface area is 191 Å². The van der Waals surface area contributed by atoms with Gasteiger partial charge in [-0.25, -0.2) is 4.68 Å². The average molecular weight is 444 g/mol. The number of nitrogens with zero attached hydrogens (tertiary/aromatic N) is 6. The Morgan fingerprint density at radius 1 is 1.03 bits per heavy atom. The summed E-state index contributed by atoms with van der Waals surface area (Å²) in [4.78, 5) is 23.6. The van der Waals surface area contributed by atoms with E-state index in [2.05, 4.69) is 30.4 Å². The molecule has 1 aliphatic rings. The molecule has 1 N–H and O–H groups in total. The van der Waals surface area contributed by atoms with E-state index in [9.17, 15) is 4.79 Å². The lowest BCUT2D eigenvalue weighted by molar-refractivity contribution is -0.117. The van der Waals surface area contributed by atoms with E-state index in [1.165, 1.54) is 0 Å². The van der Waals surface area contributed by atoms with Crippen LogP contribution in [-0.2, 0) is 11.3 Å². The third-order valence-corrected chi connectivity index (χ3v) is 5.80. The number of hydrogen-bond donors (Lipinski definition) is 1. The number of amides is 1. The third kappa shape index (κ3) is 5.15. The average Bonchev–Trinajstić information content (AvgIpc) is 3.51. The van der Waals surface area contributed by atoms with Gasteiger partial charge in [-0.05, 0) is 43.6 Å². The van der Waals surface area contributed by atoms with Gasteiger partial charge in [0.05, 0.1) is 19.3 Å². The number of aromatic nitrogens is 5. The molecule has 9 heteroatoms. The fourth-order valence-electron chi connectivity index (χ4n) is 4.04. The Bertz CT molecular complexity index is 1180. The molecule has 0 unspecified atom stereocenters. The van der Waals surface area contributed by atoms with Crippen molar-refractivity contribution in [2.24, 2.45) is 0 Å². The molecular formula is C24H25N7O2. The van der Waals surface area contributed by atoms with Crippen LogP contribution < -0.4 is 5.32 Å². The summed E-state index contributed by atoms with van der Waals surface area (Å²) >= 11 is 0. The van der Waals surface area contributed by atoms with Crippen LogP contribution in [0, 0.1) is 0 Å². The second-order valence-corrected chi connectivity index (χ2v) is 8.13. The Balaban J connectivity index is 1.12. The molecule has 1 saturated heterocycles. The molecule has 1 aliphatic heterocycles. The van der Waals surface area contributed by atoms with Gasteiger partial charge in [-0.1, -0.05) is 41.6 Å². The van der Waals surface area contributed by atoms with Gasteiger partial charge < -0.3 is 9.84 Å². The Morgan fingerprint density at radius 2 is 1.85 bits per heavy atom. The van der Waals surface area contributed by atoms with Crippen LogP contribution >= 0.6 is 0 Å². The minimum Gasteiger partial charge on any atom is -0.339 e. The van der Waals surface area contributed by atoms with Crippen molar-refractivity contribution in [1.29, 1.82) is 0 Å². The smallest absolute Gasteiger partial charge is 0.239 e. The second-order valence-electron chi connectivity index (χ2n) is 8.13. The van der Waals surface area contributed by atoms with Crippen LogP contribution in [0.5, 0.6) is 0 Å². The van der Waals surface area contributed by atoms with Gasteiger partial charge in [0.25, 0.3) is 0 Å². The number of carbonyl (C=O) groups is 1. The van der Waals surface area contributed by atoms with Crippen LogP contribution in [0.2, 0.25) is 0 Å². The van der Waals surface area contributed by atoms with Crippen molar-refractivity contribution in [1.82, 2.24) is 29.8 Å². The number of anilines is 1. The van der Waals surface area contributed by atoms with Crippen molar-refractivity contribution in [3.05, 3.63) is 78.4 Å². The molecule has 3 aromatic heterocycles. The van der Waals surface area contributed by atoms with Gasteiger partial charge in [-0.3, -0.25) is 14.7 Å². The number of likely N-dealkylation sites (tertiary alicyclic amines) is 1. The lowest BCUT2D eigenvalue weighted by Gasteiger charge is -2.29. The molecule has 4 aromatic rings. The number of pyridine rings is 1. The van der Waals surface area contributed by atoms with Crippen LogP contribution in [0.3, 0.4) is 0 Å². The maximum Gasteiger partial charge on any atom is 0.239 e. The summed E-state index contributed by atoms with van der Waals surface area (Å²) in [5.41, 5.74) is 1.83. The normalized spacial score (nSPS) is 14.9. The van der Waals surface area contributed by atoms with E-state index in [4.69, 9.17) is 4.52 Å². The molecule has 0 spiro atoms. The second kappa shape index (κ2) is 9.74. The summed E-state index contributed by atoms with van der Waals surface area (Å²) in [6, 6.07) is 17.5. The van der Waals surface area contributed by atoms with E-state index in [0.29, 0.717) is 36.3 Å². The molecule has 4 heterocycles. The zero-order valence-electron chi connectivity index (χ0n) is 18.2. The number of nitrogens with one attached hydrogen (secondary N) is 1. The Hall–Kier alpha value is -3.85. The molecule has 1 aromatic carbocycles.